The average Bonchev–Trinajstić information content (AvgIpc) is 3.00. The van der Waals surface area contributed by atoms with Crippen LogP contribution in [-0.2, 0) is 13.0 Å². The Labute approximate surface area is 129 Å². The Morgan fingerprint density at radius 1 is 1.33 bits per heavy atom. The largest absolute Gasteiger partial charge is 0.299 e. The molecular formula is C16H21N3OS. The van der Waals surface area contributed by atoms with Crippen LogP contribution >= 0.6 is 11.3 Å². The topological polar surface area (TPSA) is 58.4 Å². The van der Waals surface area contributed by atoms with Gasteiger partial charge < -0.3 is 0 Å². The minimum absolute atomic E-state index is 0.263. The predicted molar refractivity (Wildman–Crippen MR) is 87.0 cm³/mol. The minimum atomic E-state index is -0.263. The fourth-order valence-corrected chi connectivity index (χ4v) is 2.99. The molecule has 0 spiro atoms. The molecule has 5 heteroatoms. The van der Waals surface area contributed by atoms with Crippen molar-refractivity contribution in [1.29, 1.82) is 0 Å². The second-order valence-corrected chi connectivity index (χ2v) is 6.25. The van der Waals surface area contributed by atoms with Crippen LogP contribution in [-0.4, -0.2) is 23.9 Å². The highest BCUT2D eigenvalue weighted by Crippen LogP contribution is 2.15. The molecule has 1 atom stereocenters. The first kappa shape index (κ1) is 15.7. The summed E-state index contributed by atoms with van der Waals surface area (Å²) in [5.74, 6) is 4.86. The second-order valence-electron chi connectivity index (χ2n) is 5.22. The van der Waals surface area contributed by atoms with Crippen molar-refractivity contribution in [2.45, 2.75) is 25.9 Å². The molecule has 0 radical (unpaired) electrons. The Morgan fingerprint density at radius 2 is 2.05 bits per heavy atom. The van der Waals surface area contributed by atoms with Crippen LogP contribution in [0.2, 0.25) is 0 Å². The lowest BCUT2D eigenvalue weighted by Gasteiger charge is -2.24. The molecule has 1 amide bonds. The zero-order chi connectivity index (χ0) is 15.2. The summed E-state index contributed by atoms with van der Waals surface area (Å²) in [6.07, 6.45) is 1.06. The van der Waals surface area contributed by atoms with Gasteiger partial charge in [0.05, 0.1) is 0 Å². The number of carbonyl (C=O) groups excluding carboxylic acids is 1. The van der Waals surface area contributed by atoms with E-state index >= 15 is 0 Å². The summed E-state index contributed by atoms with van der Waals surface area (Å²) >= 11 is 1.80. The van der Waals surface area contributed by atoms with Crippen molar-refractivity contribution in [3.63, 3.8) is 0 Å². The van der Waals surface area contributed by atoms with Gasteiger partial charge in [-0.25, -0.2) is 5.84 Å². The van der Waals surface area contributed by atoms with Crippen LogP contribution in [0, 0.1) is 0 Å². The number of hydrogen-bond donors (Lipinski definition) is 2. The van der Waals surface area contributed by atoms with Gasteiger partial charge >= 0.3 is 0 Å². The standard InChI is InChI=1S/C16H21N3OS/c1-12(10-15-4-3-9-21-15)19(2)11-13-5-7-14(8-6-13)16(20)18-17/h3-9,12H,10-11,17H2,1-2H3,(H,18,20). The van der Waals surface area contributed by atoms with Crippen molar-refractivity contribution in [3.8, 4) is 0 Å². The Kier molecular flexibility index (Phi) is 5.50. The van der Waals surface area contributed by atoms with E-state index in [1.54, 1.807) is 23.5 Å². The fourth-order valence-electron chi connectivity index (χ4n) is 2.16. The molecule has 1 aromatic carbocycles. The molecule has 21 heavy (non-hydrogen) atoms. The van der Waals surface area contributed by atoms with Gasteiger partial charge in [-0.3, -0.25) is 15.1 Å². The third-order valence-electron chi connectivity index (χ3n) is 3.61. The maximum atomic E-state index is 11.4. The summed E-state index contributed by atoms with van der Waals surface area (Å²) in [6, 6.07) is 12.3. The second kappa shape index (κ2) is 7.36. The van der Waals surface area contributed by atoms with Crippen LogP contribution < -0.4 is 11.3 Å². The highest BCUT2D eigenvalue weighted by atomic mass is 32.1. The molecule has 4 nitrogen and oxygen atoms in total. The van der Waals surface area contributed by atoms with Crippen molar-refractivity contribution in [2.24, 2.45) is 5.84 Å². The zero-order valence-corrected chi connectivity index (χ0v) is 13.2. The molecule has 1 heterocycles. The average molecular weight is 303 g/mol. The van der Waals surface area contributed by atoms with Crippen molar-refractivity contribution in [1.82, 2.24) is 10.3 Å². The molecule has 0 aliphatic carbocycles. The van der Waals surface area contributed by atoms with Gasteiger partial charge in [0.25, 0.3) is 5.91 Å². The lowest BCUT2D eigenvalue weighted by molar-refractivity contribution is 0.0953. The summed E-state index contributed by atoms with van der Waals surface area (Å²) in [5, 5.41) is 2.11. The van der Waals surface area contributed by atoms with E-state index in [0.29, 0.717) is 11.6 Å². The summed E-state index contributed by atoms with van der Waals surface area (Å²) < 4.78 is 0. The van der Waals surface area contributed by atoms with Gasteiger partial charge in [0.2, 0.25) is 0 Å². The number of amides is 1. The number of nitrogen functional groups attached to an aromatic ring is 1. The third kappa shape index (κ3) is 4.39. The quantitative estimate of drug-likeness (QED) is 0.489. The number of nitrogens with two attached hydrogens (primary N) is 1. The number of rotatable bonds is 6. The molecule has 0 saturated heterocycles. The fraction of sp³-hybridized carbons (Fsp3) is 0.312. The van der Waals surface area contributed by atoms with Crippen LogP contribution in [0.25, 0.3) is 0 Å². The normalized spacial score (nSPS) is 12.4. The van der Waals surface area contributed by atoms with E-state index in [4.69, 9.17) is 5.84 Å². The SMILES string of the molecule is CC(Cc1cccs1)N(C)Cc1ccc(C(=O)NN)cc1. The zero-order valence-electron chi connectivity index (χ0n) is 12.4. The molecule has 3 N–H and O–H groups in total. The number of benzene rings is 1. The molecule has 112 valence electrons. The van der Waals surface area contributed by atoms with E-state index in [-0.39, 0.29) is 5.91 Å². The first-order chi connectivity index (χ1) is 10.1. The van der Waals surface area contributed by atoms with E-state index in [9.17, 15) is 4.79 Å². The minimum Gasteiger partial charge on any atom is -0.299 e. The summed E-state index contributed by atoms with van der Waals surface area (Å²) in [4.78, 5) is 15.1. The van der Waals surface area contributed by atoms with Gasteiger partial charge in [-0.2, -0.15) is 0 Å². The number of thiophene rings is 1. The smallest absolute Gasteiger partial charge is 0.265 e. The third-order valence-corrected chi connectivity index (χ3v) is 4.51. The van der Waals surface area contributed by atoms with E-state index < -0.39 is 0 Å². The summed E-state index contributed by atoms with van der Waals surface area (Å²) in [5.41, 5.74) is 3.90. The Balaban J connectivity index is 1.92. The highest BCUT2D eigenvalue weighted by Gasteiger charge is 2.11. The maximum Gasteiger partial charge on any atom is 0.265 e. The number of nitrogens with zero attached hydrogens (tertiary/aromatic N) is 1. The molecule has 0 saturated carbocycles. The van der Waals surface area contributed by atoms with E-state index in [1.807, 2.05) is 12.1 Å². The number of hydrazine groups is 1. The molecule has 1 aromatic heterocycles. The van der Waals surface area contributed by atoms with E-state index in [1.165, 1.54) is 10.4 Å². The van der Waals surface area contributed by atoms with Gasteiger partial charge in [0.1, 0.15) is 0 Å². The molecule has 1 unspecified atom stereocenters. The highest BCUT2D eigenvalue weighted by molar-refractivity contribution is 7.09. The molecular weight excluding hydrogens is 282 g/mol. The van der Waals surface area contributed by atoms with Crippen LogP contribution in [0.1, 0.15) is 27.7 Å². The van der Waals surface area contributed by atoms with Crippen molar-refractivity contribution in [3.05, 3.63) is 57.8 Å². The first-order valence-electron chi connectivity index (χ1n) is 6.92. The Bertz CT molecular complexity index is 566. The maximum absolute atomic E-state index is 11.4. The molecule has 0 bridgehead atoms. The number of likely N-dealkylation sites (N-methyl/N-ethyl adjacent to an activating group) is 1. The molecule has 2 rings (SSSR count). The van der Waals surface area contributed by atoms with Crippen molar-refractivity contribution in [2.75, 3.05) is 7.05 Å². The molecule has 0 fully saturated rings. The van der Waals surface area contributed by atoms with Gasteiger partial charge in [-0.1, -0.05) is 18.2 Å². The number of nitrogens with one attached hydrogen (secondary N) is 1. The monoisotopic (exact) mass is 303 g/mol. The number of carbonyl (C=O) groups is 1. The van der Waals surface area contributed by atoms with Crippen LogP contribution in [0.3, 0.4) is 0 Å². The van der Waals surface area contributed by atoms with Gasteiger partial charge in [0, 0.05) is 23.0 Å². The predicted octanol–water partition coefficient (Wildman–Crippen LogP) is 2.41. The van der Waals surface area contributed by atoms with Crippen LogP contribution in [0.4, 0.5) is 0 Å². The summed E-state index contributed by atoms with van der Waals surface area (Å²) in [6.45, 7) is 3.09. The lowest BCUT2D eigenvalue weighted by atomic mass is 10.1. The first-order valence-corrected chi connectivity index (χ1v) is 7.80. The van der Waals surface area contributed by atoms with Crippen LogP contribution in [0.15, 0.2) is 41.8 Å². The van der Waals surface area contributed by atoms with E-state index in [2.05, 4.69) is 41.8 Å². The van der Waals surface area contributed by atoms with Crippen molar-refractivity contribution >= 4 is 17.2 Å². The summed E-state index contributed by atoms with van der Waals surface area (Å²) in [7, 11) is 2.12. The molecule has 0 aliphatic rings. The van der Waals surface area contributed by atoms with Gasteiger partial charge in [-0.05, 0) is 49.5 Å². The van der Waals surface area contributed by atoms with E-state index in [0.717, 1.165) is 13.0 Å². The molecule has 0 aliphatic heterocycles. The Morgan fingerprint density at radius 3 is 2.62 bits per heavy atom. The lowest BCUT2D eigenvalue weighted by Crippen LogP contribution is -2.31. The number of hydrogen-bond acceptors (Lipinski definition) is 4. The Hall–Kier alpha value is -1.69. The van der Waals surface area contributed by atoms with Gasteiger partial charge in [0.15, 0.2) is 0 Å². The van der Waals surface area contributed by atoms with Crippen molar-refractivity contribution < 1.29 is 4.79 Å². The van der Waals surface area contributed by atoms with Gasteiger partial charge in [-0.15, -0.1) is 11.3 Å². The van der Waals surface area contributed by atoms with Crippen LogP contribution in [0.5, 0.6) is 0 Å². The molecule has 2 aromatic rings.